The van der Waals surface area contributed by atoms with E-state index < -0.39 is 66.9 Å². The third-order valence-electron chi connectivity index (χ3n) is 16.8. The number of morpholine rings is 1. The molecule has 5 amide bonds. The Morgan fingerprint density at radius 1 is 0.859 bits per heavy atom. The fraction of sp³-hybridized carbons (Fsp3) is 0.476. The molecule has 10 rings (SSSR count). The van der Waals surface area contributed by atoms with Crippen molar-refractivity contribution in [2.45, 2.75) is 129 Å². The molecule has 4 saturated heterocycles. The zero-order valence-electron chi connectivity index (χ0n) is 49.2. The first-order valence-electron chi connectivity index (χ1n) is 29.4. The molecular formula is C63H76FN8O11PS. The van der Waals surface area contributed by atoms with Gasteiger partial charge in [0.05, 0.1) is 35.2 Å². The minimum absolute atomic E-state index is 0.0120. The van der Waals surface area contributed by atoms with E-state index >= 15 is 14.0 Å². The number of nitrogens with one attached hydrogen (secondary N) is 3. The van der Waals surface area contributed by atoms with Crippen molar-refractivity contribution in [3.05, 3.63) is 135 Å². The maximum Gasteiger partial charge on any atom is 0.355 e. The molecule has 3 N–H and O–H groups in total. The van der Waals surface area contributed by atoms with Crippen LogP contribution in [0, 0.1) is 17.3 Å². The normalized spacial score (nSPS) is 21.8. The Bertz CT molecular complexity index is 3580. The first kappa shape index (κ1) is 61.1. The van der Waals surface area contributed by atoms with Crippen molar-refractivity contribution in [2.24, 2.45) is 24.3 Å². The van der Waals surface area contributed by atoms with Crippen LogP contribution in [0.5, 0.6) is 5.75 Å². The number of likely N-dealkylation sites (tertiary alicyclic amines) is 2. The Kier molecular flexibility index (Phi) is 18.3. The number of ether oxygens (including phenoxy) is 2. The van der Waals surface area contributed by atoms with Gasteiger partial charge in [0.2, 0.25) is 29.5 Å². The number of piperidine rings is 2. The average Bonchev–Trinajstić information content (AvgIpc) is 3.78. The van der Waals surface area contributed by atoms with Crippen LogP contribution in [0.4, 0.5) is 4.39 Å². The van der Waals surface area contributed by atoms with Crippen molar-refractivity contribution >= 4 is 75.5 Å². The number of thiophene rings is 1. The number of nitrogens with zero attached hydrogens (tertiary/aromatic N) is 5. The quantitative estimate of drug-likeness (QED) is 0.0416. The molecule has 0 radical (unpaired) electrons. The van der Waals surface area contributed by atoms with Gasteiger partial charge in [-0.3, -0.25) is 52.7 Å². The van der Waals surface area contributed by atoms with E-state index in [0.29, 0.717) is 60.3 Å². The number of aryl methyl sites for hydroxylation is 1. The minimum Gasteiger partial charge on any atom is -0.462 e. The zero-order valence-corrected chi connectivity index (χ0v) is 50.9. The number of para-hydroxylation sites is 1. The number of aromatic nitrogens is 2. The van der Waals surface area contributed by atoms with Crippen molar-refractivity contribution < 1.29 is 51.7 Å². The number of imide groups is 1. The highest BCUT2D eigenvalue weighted by Crippen LogP contribution is 2.58. The smallest absolute Gasteiger partial charge is 0.355 e. The summed E-state index contributed by atoms with van der Waals surface area (Å²) in [4.78, 5) is 102. The number of benzene rings is 4. The molecule has 0 saturated carbocycles. The van der Waals surface area contributed by atoms with Gasteiger partial charge in [-0.05, 0) is 148 Å². The van der Waals surface area contributed by atoms with Gasteiger partial charge in [0.1, 0.15) is 36.0 Å². The SMILES string of the molecule is CC(C)OC(=O)[C@H](C)NP(=O)(Oc1ccccc1)[C@@H](F)c1ccc2sc(C(=O)N[C@H](C(=O)N3CC[C@@H](CC4CCN(Cc5ccc6c(c5)n(C)c(=O)n6C5CCC(=O)NC5=O)CC4)[C@H]3C(=O)N3CCO[C@H](c4ccccc4)C3)C(C)(C)C)cc2c1. The lowest BCUT2D eigenvalue weighted by molar-refractivity contribution is -0.152. The first-order valence-corrected chi connectivity index (χ1v) is 31.9. The molecule has 4 aliphatic rings. The maximum absolute atomic E-state index is 16.9. The number of rotatable bonds is 18. The van der Waals surface area contributed by atoms with Crippen LogP contribution >= 0.6 is 18.9 Å². The maximum atomic E-state index is 16.9. The number of carbonyl (C=O) groups is 6. The fourth-order valence-corrected chi connectivity index (χ4v) is 15.2. The summed E-state index contributed by atoms with van der Waals surface area (Å²) in [5.41, 5.74) is 2.19. The standard InChI is InChI=1S/C63H76FN8O11PS/c1-38(2)82-61(78)39(3)67-84(80,83-46-16-12-9-13-17-46)56(64)44-19-22-51-45(34-44)35-52(85-51)58(75)66-55(63(4,5)6)60(77)71-29-26-43(54(71)59(76)70-30-31-81-50(37-70)42-14-10-8-11-15-42)32-40-24-27-69(28-25-40)36-41-18-20-47-49(33-41)68(7)62(79)72(47)48-21-23-53(73)65-57(48)74/h8-20,22,33-35,38-40,43,48,50,54-56H,21,23-32,36-37H2,1-7H3,(H,66,75)(H,67,80)(H,65,73,74)/t39-,43-,48?,50-,54-,55+,56+,84?/m0/s1. The van der Waals surface area contributed by atoms with Crippen LogP contribution in [0.2, 0.25) is 0 Å². The molecule has 2 aromatic heterocycles. The lowest BCUT2D eigenvalue weighted by atomic mass is 9.82. The second kappa shape index (κ2) is 25.5. The van der Waals surface area contributed by atoms with Gasteiger partial charge in [0.25, 0.3) is 5.91 Å². The van der Waals surface area contributed by atoms with Crippen molar-refractivity contribution in [3.63, 3.8) is 0 Å². The van der Waals surface area contributed by atoms with Gasteiger partial charge in [-0.15, -0.1) is 11.3 Å². The van der Waals surface area contributed by atoms with Crippen LogP contribution in [-0.4, -0.2) is 123 Å². The van der Waals surface area contributed by atoms with Crippen LogP contribution < -0.4 is 25.9 Å². The second-order valence-corrected chi connectivity index (χ2v) is 27.6. The van der Waals surface area contributed by atoms with Gasteiger partial charge in [-0.2, -0.15) is 0 Å². The topological polar surface area (TPSA) is 220 Å². The molecule has 6 heterocycles. The van der Waals surface area contributed by atoms with Crippen LogP contribution in [-0.2, 0) is 51.6 Å². The third kappa shape index (κ3) is 13.5. The monoisotopic (exact) mass is 1200 g/mol. The Hall–Kier alpha value is -7.03. The Balaban J connectivity index is 0.847. The van der Waals surface area contributed by atoms with E-state index in [-0.39, 0.29) is 70.4 Å². The van der Waals surface area contributed by atoms with E-state index in [4.69, 9.17) is 14.0 Å². The summed E-state index contributed by atoms with van der Waals surface area (Å²) >= 11 is 1.16. The molecule has 0 spiro atoms. The minimum atomic E-state index is -4.53. The van der Waals surface area contributed by atoms with Gasteiger partial charge in [0.15, 0.2) is 0 Å². The number of imidazole rings is 1. The molecule has 19 nitrogen and oxygen atoms in total. The number of carbonyl (C=O) groups excluding carboxylic acids is 6. The fourth-order valence-electron chi connectivity index (χ4n) is 12.4. The number of amides is 5. The van der Waals surface area contributed by atoms with Crippen LogP contribution in [0.1, 0.15) is 124 Å². The number of halogens is 1. The third-order valence-corrected chi connectivity index (χ3v) is 20.1. The zero-order chi connectivity index (χ0) is 60.5. The largest absolute Gasteiger partial charge is 0.462 e. The molecule has 452 valence electrons. The molecule has 4 aliphatic heterocycles. The molecule has 0 aliphatic carbocycles. The Labute approximate surface area is 498 Å². The molecule has 22 heteroatoms. The summed E-state index contributed by atoms with van der Waals surface area (Å²) in [6.07, 6.45) is 2.69. The van der Waals surface area contributed by atoms with Gasteiger partial charge in [0, 0.05) is 37.8 Å². The molecule has 4 aromatic carbocycles. The lowest BCUT2D eigenvalue weighted by Gasteiger charge is -2.40. The lowest BCUT2D eigenvalue weighted by Crippen LogP contribution is -2.59. The number of hydrogen-bond donors (Lipinski definition) is 3. The highest BCUT2D eigenvalue weighted by Gasteiger charge is 2.49. The number of hydrogen-bond acceptors (Lipinski definition) is 13. The molecular weight excluding hydrogens is 1130 g/mol. The van der Waals surface area contributed by atoms with Crippen LogP contribution in [0.3, 0.4) is 0 Å². The summed E-state index contributed by atoms with van der Waals surface area (Å²) in [6, 6.07) is 26.2. The summed E-state index contributed by atoms with van der Waals surface area (Å²) in [6.45, 7) is 14.0. The van der Waals surface area contributed by atoms with Gasteiger partial charge in [-0.25, -0.2) is 14.3 Å². The summed E-state index contributed by atoms with van der Waals surface area (Å²) in [7, 11) is -2.84. The number of fused-ring (bicyclic) bond motifs is 2. The average molecular weight is 1200 g/mol. The van der Waals surface area contributed by atoms with Crippen LogP contribution in [0.25, 0.3) is 21.1 Å². The van der Waals surface area contributed by atoms with Crippen molar-refractivity contribution in [3.8, 4) is 5.75 Å². The highest BCUT2D eigenvalue weighted by atomic mass is 32.1. The van der Waals surface area contributed by atoms with Gasteiger partial charge < -0.3 is 29.1 Å². The number of esters is 1. The predicted octanol–water partition coefficient (Wildman–Crippen LogP) is 8.97. The second-order valence-electron chi connectivity index (χ2n) is 24.4. The van der Waals surface area contributed by atoms with Crippen molar-refractivity contribution in [1.29, 1.82) is 0 Å². The summed E-state index contributed by atoms with van der Waals surface area (Å²) in [5.74, 6) is -4.57. The van der Waals surface area contributed by atoms with E-state index in [1.54, 1.807) is 60.7 Å². The molecule has 4 fully saturated rings. The molecule has 8 atom stereocenters. The molecule has 6 aromatic rings. The van der Waals surface area contributed by atoms with Crippen molar-refractivity contribution in [2.75, 3.05) is 39.3 Å². The molecule has 0 bridgehead atoms. The summed E-state index contributed by atoms with van der Waals surface area (Å²) in [5, 5.41) is 8.52. The van der Waals surface area contributed by atoms with E-state index in [1.165, 1.54) is 35.8 Å². The first-order chi connectivity index (χ1) is 40.5. The van der Waals surface area contributed by atoms with E-state index in [2.05, 4.69) is 20.6 Å². The van der Waals surface area contributed by atoms with Gasteiger partial charge >= 0.3 is 19.2 Å². The Morgan fingerprint density at radius 2 is 1.58 bits per heavy atom. The predicted molar refractivity (Wildman–Crippen MR) is 321 cm³/mol. The summed E-state index contributed by atoms with van der Waals surface area (Å²) < 4.78 is 52.5. The van der Waals surface area contributed by atoms with E-state index in [0.717, 1.165) is 54.8 Å². The van der Waals surface area contributed by atoms with Crippen molar-refractivity contribution in [1.82, 2.24) is 39.6 Å². The van der Waals surface area contributed by atoms with Crippen LogP contribution in [0.15, 0.2) is 108 Å². The van der Waals surface area contributed by atoms with Gasteiger partial charge in [-0.1, -0.05) is 81.4 Å². The molecule has 2 unspecified atom stereocenters. The Morgan fingerprint density at radius 3 is 2.27 bits per heavy atom. The highest BCUT2D eigenvalue weighted by molar-refractivity contribution is 7.57. The number of alkyl halides is 1. The van der Waals surface area contributed by atoms with E-state index in [1.807, 2.05) is 74.2 Å². The molecule has 85 heavy (non-hydrogen) atoms. The van der Waals surface area contributed by atoms with E-state index in [9.17, 15) is 28.5 Å².